The molecule has 0 spiro atoms. The molecule has 0 radical (unpaired) electrons. The van der Waals surface area contributed by atoms with E-state index in [4.69, 9.17) is 0 Å². The van der Waals surface area contributed by atoms with Gasteiger partial charge in [-0.05, 0) is 62.2 Å². The molecule has 0 aromatic heterocycles. The van der Waals surface area contributed by atoms with Gasteiger partial charge in [0.1, 0.15) is 0 Å². The zero-order valence-corrected chi connectivity index (χ0v) is 10.1. The highest BCUT2D eigenvalue weighted by Crippen LogP contribution is 2.53. The van der Waals surface area contributed by atoms with E-state index in [1.807, 2.05) is 0 Å². The second kappa shape index (κ2) is 4.47. The number of hydrogen-bond donors (Lipinski definition) is 0. The van der Waals surface area contributed by atoms with Crippen molar-refractivity contribution in [1.29, 1.82) is 0 Å². The molecular weight excluding hydrogens is 180 g/mol. The molecule has 0 N–H and O–H groups in total. The van der Waals surface area contributed by atoms with Gasteiger partial charge in [0, 0.05) is 0 Å². The van der Waals surface area contributed by atoms with Crippen molar-refractivity contribution in [3.63, 3.8) is 0 Å². The minimum atomic E-state index is 1.18. The molecule has 5 aliphatic rings. The van der Waals surface area contributed by atoms with Crippen LogP contribution >= 0.6 is 0 Å². The van der Waals surface area contributed by atoms with E-state index in [1.165, 1.54) is 55.8 Å². The molecule has 15 heavy (non-hydrogen) atoms. The molecule has 0 unspecified atom stereocenters. The summed E-state index contributed by atoms with van der Waals surface area (Å²) in [4.78, 5) is 0. The van der Waals surface area contributed by atoms with E-state index < -0.39 is 0 Å². The topological polar surface area (TPSA) is 0 Å². The van der Waals surface area contributed by atoms with Gasteiger partial charge in [-0.2, -0.15) is 0 Å². The van der Waals surface area contributed by atoms with Crippen LogP contribution in [0.15, 0.2) is 0 Å². The van der Waals surface area contributed by atoms with Gasteiger partial charge in [-0.25, -0.2) is 0 Å². The Bertz CT molecular complexity index is 138. The van der Waals surface area contributed by atoms with Crippen LogP contribution in [0.1, 0.15) is 70.6 Å². The predicted molar refractivity (Wildman–Crippen MR) is 64.7 cm³/mol. The van der Waals surface area contributed by atoms with Crippen LogP contribution in [0.25, 0.3) is 0 Å². The van der Waals surface area contributed by atoms with Gasteiger partial charge in [-0.15, -0.1) is 0 Å². The van der Waals surface area contributed by atoms with Crippen LogP contribution in [0.4, 0.5) is 0 Å². The predicted octanol–water partition coefficient (Wildman–Crippen LogP) is 4.78. The van der Waals surface area contributed by atoms with Crippen LogP contribution in [0.5, 0.6) is 0 Å². The zero-order chi connectivity index (χ0) is 10.1. The average Bonchev–Trinajstić information content (AvgIpc) is 2.72. The summed E-state index contributed by atoms with van der Waals surface area (Å²) in [6, 6.07) is 0. The van der Waals surface area contributed by atoms with Crippen molar-refractivity contribution >= 4 is 0 Å². The van der Waals surface area contributed by atoms with Crippen LogP contribution in [-0.2, 0) is 0 Å². The largest absolute Gasteiger partial charge is 0.0533 e. The number of rotatable bonds is 0. The molecule has 0 aromatic carbocycles. The summed E-state index contributed by atoms with van der Waals surface area (Å²) in [5.41, 5.74) is 0. The summed E-state index contributed by atoms with van der Waals surface area (Å²) in [6.07, 6.45) is 17.1. The van der Waals surface area contributed by atoms with Crippen LogP contribution in [0.2, 0.25) is 0 Å². The Morgan fingerprint density at radius 1 is 0.333 bits per heavy atom. The van der Waals surface area contributed by atoms with Crippen molar-refractivity contribution in [2.24, 2.45) is 23.7 Å². The van der Waals surface area contributed by atoms with Gasteiger partial charge < -0.3 is 0 Å². The Hall–Kier alpha value is 0. The lowest BCUT2D eigenvalue weighted by Crippen LogP contribution is -2.38. The van der Waals surface area contributed by atoms with E-state index in [0.29, 0.717) is 0 Å². The lowest BCUT2D eigenvalue weighted by atomic mass is 9.56. The molecule has 5 fully saturated rings. The molecule has 0 heterocycles. The summed E-state index contributed by atoms with van der Waals surface area (Å²) in [7, 11) is 0. The third-order valence-corrected chi connectivity index (χ3v) is 5.25. The van der Waals surface area contributed by atoms with Crippen molar-refractivity contribution in [1.82, 2.24) is 0 Å². The molecule has 4 bridgehead atoms. The molecule has 86 valence electrons. The monoisotopic (exact) mass is 206 g/mol. The molecule has 5 rings (SSSR count). The standard InChI is InChI=1S/C10H16.C5H10/c1-7-2-9-4-8(1)5-10(3-7)6-9;1-2-4-5-3-1/h7-10H,1-6H2;1-5H2. The van der Waals surface area contributed by atoms with Crippen LogP contribution in [0, 0.1) is 23.7 Å². The summed E-state index contributed by atoms with van der Waals surface area (Å²) >= 11 is 0. The maximum Gasteiger partial charge on any atom is -0.0406 e. The first kappa shape index (κ1) is 10.2. The minimum absolute atomic E-state index is 1.18. The minimum Gasteiger partial charge on any atom is -0.0533 e. The Balaban J connectivity index is 0.000000123. The Labute approximate surface area is 94.8 Å². The van der Waals surface area contributed by atoms with Gasteiger partial charge >= 0.3 is 0 Å². The molecule has 0 atom stereocenters. The Morgan fingerprint density at radius 3 is 0.733 bits per heavy atom. The molecule has 0 aromatic rings. The first-order valence-corrected chi connectivity index (χ1v) is 7.40. The summed E-state index contributed by atoms with van der Waals surface area (Å²) in [5.74, 6) is 4.71. The van der Waals surface area contributed by atoms with E-state index in [-0.39, 0.29) is 0 Å². The lowest BCUT2D eigenvalue weighted by Gasteiger charge is -2.49. The van der Waals surface area contributed by atoms with Crippen LogP contribution in [-0.4, -0.2) is 0 Å². The van der Waals surface area contributed by atoms with Gasteiger partial charge in [0.25, 0.3) is 0 Å². The molecule has 0 heteroatoms. The molecule has 5 saturated carbocycles. The first-order valence-electron chi connectivity index (χ1n) is 7.40. The van der Waals surface area contributed by atoms with E-state index in [9.17, 15) is 0 Å². The molecule has 5 aliphatic carbocycles. The molecule has 0 nitrogen and oxygen atoms in total. The maximum atomic E-state index is 1.60. The van der Waals surface area contributed by atoms with Crippen molar-refractivity contribution in [3.05, 3.63) is 0 Å². The summed E-state index contributed by atoms with van der Waals surface area (Å²) < 4.78 is 0. The Morgan fingerprint density at radius 2 is 0.533 bits per heavy atom. The highest BCUT2D eigenvalue weighted by molar-refractivity contribution is 4.92. The smallest absolute Gasteiger partial charge is 0.0406 e. The number of hydrogen-bond acceptors (Lipinski definition) is 0. The van der Waals surface area contributed by atoms with Gasteiger partial charge in [0.15, 0.2) is 0 Å². The fourth-order valence-electron chi connectivity index (χ4n) is 4.87. The second-order valence-corrected chi connectivity index (χ2v) is 6.65. The molecule has 0 saturated heterocycles. The lowest BCUT2D eigenvalue weighted by molar-refractivity contribution is 0.0198. The van der Waals surface area contributed by atoms with Gasteiger partial charge in [0.05, 0.1) is 0 Å². The van der Waals surface area contributed by atoms with Crippen molar-refractivity contribution < 1.29 is 0 Å². The summed E-state index contributed by atoms with van der Waals surface area (Å²) in [6.45, 7) is 0. The third-order valence-electron chi connectivity index (χ3n) is 5.25. The molecule has 0 amide bonds. The highest BCUT2D eigenvalue weighted by atomic mass is 14.5. The second-order valence-electron chi connectivity index (χ2n) is 6.65. The van der Waals surface area contributed by atoms with Gasteiger partial charge in [-0.1, -0.05) is 32.1 Å². The normalized spacial score (nSPS) is 46.4. The van der Waals surface area contributed by atoms with E-state index in [2.05, 4.69) is 0 Å². The van der Waals surface area contributed by atoms with E-state index in [1.54, 1.807) is 38.5 Å². The summed E-state index contributed by atoms with van der Waals surface area (Å²) in [5, 5.41) is 0. The fourth-order valence-corrected chi connectivity index (χ4v) is 4.87. The molecule has 0 aliphatic heterocycles. The van der Waals surface area contributed by atoms with Crippen LogP contribution < -0.4 is 0 Å². The highest BCUT2D eigenvalue weighted by Gasteiger charge is 2.41. The van der Waals surface area contributed by atoms with Gasteiger partial charge in [-0.3, -0.25) is 0 Å². The SMILES string of the molecule is C1C2CC3CC1CC(C2)C3.C1CCCC1. The maximum absolute atomic E-state index is 1.60. The first-order chi connectivity index (χ1) is 7.40. The van der Waals surface area contributed by atoms with Crippen LogP contribution in [0.3, 0.4) is 0 Å². The zero-order valence-electron chi connectivity index (χ0n) is 10.1. The average molecular weight is 206 g/mol. The van der Waals surface area contributed by atoms with E-state index >= 15 is 0 Å². The third kappa shape index (κ3) is 2.40. The van der Waals surface area contributed by atoms with Crippen molar-refractivity contribution in [2.75, 3.05) is 0 Å². The van der Waals surface area contributed by atoms with Gasteiger partial charge in [0.2, 0.25) is 0 Å². The fraction of sp³-hybridized carbons (Fsp3) is 1.00. The quantitative estimate of drug-likeness (QED) is 0.535. The van der Waals surface area contributed by atoms with Crippen molar-refractivity contribution in [2.45, 2.75) is 70.6 Å². The Kier molecular flexibility index (Phi) is 3.03. The molecular formula is C15H26. The van der Waals surface area contributed by atoms with E-state index in [0.717, 1.165) is 0 Å². The van der Waals surface area contributed by atoms with Crippen molar-refractivity contribution in [3.8, 4) is 0 Å².